The summed E-state index contributed by atoms with van der Waals surface area (Å²) < 4.78 is 43.0. The highest BCUT2D eigenvalue weighted by atomic mass is 19.3. The molecule has 0 saturated carbocycles. The van der Waals surface area contributed by atoms with Gasteiger partial charge < -0.3 is 20.2 Å². The van der Waals surface area contributed by atoms with Crippen LogP contribution in [0.4, 0.5) is 30.4 Å². The molecule has 0 fully saturated rings. The molecule has 2 aromatic carbocycles. The van der Waals surface area contributed by atoms with Gasteiger partial charge >= 0.3 is 0 Å². The molecule has 0 saturated heterocycles. The number of carbonyl (C=O) groups is 1. The number of aromatic nitrogens is 2. The topological polar surface area (TPSA) is 81.6 Å². The number of hydrogen-bond donors (Lipinski definition) is 2. The zero-order valence-corrected chi connectivity index (χ0v) is 20.4. The molecule has 10 heteroatoms. The normalized spacial score (nSPS) is 16.5. The van der Waals surface area contributed by atoms with Crippen molar-refractivity contribution < 1.29 is 23.1 Å². The third-order valence-corrected chi connectivity index (χ3v) is 6.89. The number of aryl methyl sites for hydroxylation is 1. The van der Waals surface area contributed by atoms with E-state index in [9.17, 15) is 13.6 Å². The fourth-order valence-corrected chi connectivity index (χ4v) is 4.45. The SMILES string of the molecule is Cc1nnc(N[C@H](C)c2cccc(C(F)(F)CO)c2F)c2cc3c(cc12)N(C)C(C)(C)C(=O)N3C. The first kappa shape index (κ1) is 24.7. The van der Waals surface area contributed by atoms with Gasteiger partial charge in [0.2, 0.25) is 0 Å². The molecule has 35 heavy (non-hydrogen) atoms. The lowest BCUT2D eigenvalue weighted by Crippen LogP contribution is -2.57. The van der Waals surface area contributed by atoms with Gasteiger partial charge in [0.05, 0.1) is 28.7 Å². The number of amides is 1. The van der Waals surface area contributed by atoms with Gasteiger partial charge in [0, 0.05) is 30.4 Å². The fourth-order valence-electron chi connectivity index (χ4n) is 4.45. The van der Waals surface area contributed by atoms with Gasteiger partial charge in [-0.25, -0.2) is 4.39 Å². The summed E-state index contributed by atoms with van der Waals surface area (Å²) >= 11 is 0. The third-order valence-electron chi connectivity index (χ3n) is 6.89. The Morgan fingerprint density at radius 3 is 2.46 bits per heavy atom. The highest BCUT2D eigenvalue weighted by Gasteiger charge is 2.41. The van der Waals surface area contributed by atoms with E-state index in [-0.39, 0.29) is 11.5 Å². The molecule has 1 aliphatic rings. The summed E-state index contributed by atoms with van der Waals surface area (Å²) in [7, 11) is 3.57. The van der Waals surface area contributed by atoms with E-state index in [1.807, 2.05) is 44.9 Å². The van der Waals surface area contributed by atoms with E-state index in [1.165, 1.54) is 12.1 Å². The maximum Gasteiger partial charge on any atom is 0.298 e. The van der Waals surface area contributed by atoms with Gasteiger partial charge in [0.25, 0.3) is 11.8 Å². The van der Waals surface area contributed by atoms with E-state index in [2.05, 4.69) is 15.5 Å². The van der Waals surface area contributed by atoms with Gasteiger partial charge in [-0.2, -0.15) is 13.9 Å². The van der Waals surface area contributed by atoms with Crippen LogP contribution in [0.1, 0.15) is 43.6 Å². The maximum atomic E-state index is 15.0. The van der Waals surface area contributed by atoms with Crippen molar-refractivity contribution in [3.63, 3.8) is 0 Å². The van der Waals surface area contributed by atoms with Crippen molar-refractivity contribution >= 4 is 33.9 Å². The van der Waals surface area contributed by atoms with Crippen LogP contribution in [0.15, 0.2) is 30.3 Å². The molecule has 0 spiro atoms. The molecular formula is C25H28F3N5O2. The summed E-state index contributed by atoms with van der Waals surface area (Å²) in [5.74, 6) is -4.54. The molecule has 3 aromatic rings. The number of aliphatic hydroxyl groups excluding tert-OH is 1. The van der Waals surface area contributed by atoms with Crippen LogP contribution in [0.25, 0.3) is 10.8 Å². The van der Waals surface area contributed by atoms with Crippen molar-refractivity contribution in [2.75, 3.05) is 35.8 Å². The Morgan fingerprint density at radius 2 is 1.80 bits per heavy atom. The number of nitrogens with zero attached hydrogens (tertiary/aromatic N) is 4. The number of rotatable bonds is 5. The molecule has 0 aliphatic carbocycles. The Hall–Kier alpha value is -3.40. The molecule has 0 unspecified atom stereocenters. The van der Waals surface area contributed by atoms with Gasteiger partial charge in [0.1, 0.15) is 18.0 Å². The van der Waals surface area contributed by atoms with Crippen LogP contribution in [0.2, 0.25) is 0 Å². The first-order chi connectivity index (χ1) is 16.3. The van der Waals surface area contributed by atoms with Crippen molar-refractivity contribution in [2.45, 2.75) is 45.2 Å². The zero-order valence-electron chi connectivity index (χ0n) is 20.4. The van der Waals surface area contributed by atoms with Gasteiger partial charge in [-0.15, -0.1) is 5.10 Å². The van der Waals surface area contributed by atoms with Gasteiger partial charge in [-0.1, -0.05) is 12.1 Å². The minimum absolute atomic E-state index is 0.00195. The number of likely N-dealkylation sites (N-methyl/N-ethyl adjacent to an activating group) is 2. The van der Waals surface area contributed by atoms with Crippen molar-refractivity contribution in [2.24, 2.45) is 0 Å². The molecular weight excluding hydrogens is 459 g/mol. The number of carbonyl (C=O) groups excluding carboxylic acids is 1. The van der Waals surface area contributed by atoms with Gasteiger partial charge in [-0.3, -0.25) is 4.79 Å². The second kappa shape index (κ2) is 8.37. The van der Waals surface area contributed by atoms with Crippen molar-refractivity contribution in [1.29, 1.82) is 0 Å². The Kier molecular flexibility index (Phi) is 5.91. The minimum atomic E-state index is -3.70. The molecule has 1 atom stereocenters. The molecule has 1 aliphatic heterocycles. The molecule has 2 heterocycles. The molecule has 0 bridgehead atoms. The van der Waals surface area contributed by atoms with Crippen LogP contribution in [-0.2, 0) is 10.7 Å². The molecule has 1 amide bonds. The molecule has 1 aromatic heterocycles. The maximum absolute atomic E-state index is 15.0. The van der Waals surface area contributed by atoms with Crippen molar-refractivity contribution in [3.05, 3.63) is 53.0 Å². The predicted octanol–water partition coefficient (Wildman–Crippen LogP) is 4.53. The minimum Gasteiger partial charge on any atom is -0.390 e. The fraction of sp³-hybridized carbons (Fsp3) is 0.400. The van der Waals surface area contributed by atoms with E-state index in [1.54, 1.807) is 18.9 Å². The summed E-state index contributed by atoms with van der Waals surface area (Å²) in [5, 5.41) is 22.0. The van der Waals surface area contributed by atoms with Crippen LogP contribution in [0.5, 0.6) is 0 Å². The number of aliphatic hydroxyl groups is 1. The number of benzene rings is 2. The lowest BCUT2D eigenvalue weighted by atomic mass is 9.94. The zero-order chi connectivity index (χ0) is 25.9. The Morgan fingerprint density at radius 1 is 1.14 bits per heavy atom. The van der Waals surface area contributed by atoms with Crippen LogP contribution in [0.3, 0.4) is 0 Å². The summed E-state index contributed by atoms with van der Waals surface area (Å²) in [4.78, 5) is 16.5. The lowest BCUT2D eigenvalue weighted by Gasteiger charge is -2.45. The van der Waals surface area contributed by atoms with Gasteiger partial charge in [0.15, 0.2) is 5.82 Å². The summed E-state index contributed by atoms with van der Waals surface area (Å²) in [6.07, 6.45) is 0. The molecule has 0 radical (unpaired) electrons. The third kappa shape index (κ3) is 3.85. The highest BCUT2D eigenvalue weighted by molar-refractivity contribution is 6.11. The second-order valence-corrected chi connectivity index (χ2v) is 9.44. The Labute approximate surface area is 201 Å². The largest absolute Gasteiger partial charge is 0.390 e. The predicted molar refractivity (Wildman–Crippen MR) is 130 cm³/mol. The van der Waals surface area contributed by atoms with E-state index in [0.29, 0.717) is 22.6 Å². The molecule has 2 N–H and O–H groups in total. The van der Waals surface area contributed by atoms with E-state index in [4.69, 9.17) is 5.11 Å². The summed E-state index contributed by atoms with van der Waals surface area (Å²) in [6, 6.07) is 6.71. The summed E-state index contributed by atoms with van der Waals surface area (Å²) in [5.41, 5.74) is 0.595. The average molecular weight is 488 g/mol. The van der Waals surface area contributed by atoms with Crippen LogP contribution < -0.4 is 15.1 Å². The number of halogens is 3. The Balaban J connectivity index is 1.80. The Bertz CT molecular complexity index is 1330. The number of nitrogens with one attached hydrogen (secondary N) is 1. The van der Waals surface area contributed by atoms with Gasteiger partial charge in [-0.05, 0) is 45.9 Å². The first-order valence-electron chi connectivity index (χ1n) is 11.2. The van der Waals surface area contributed by atoms with E-state index in [0.717, 1.165) is 17.1 Å². The monoisotopic (exact) mass is 487 g/mol. The average Bonchev–Trinajstić information content (AvgIpc) is 2.82. The summed E-state index contributed by atoms with van der Waals surface area (Å²) in [6.45, 7) is 5.66. The second-order valence-electron chi connectivity index (χ2n) is 9.44. The van der Waals surface area contributed by atoms with E-state index < -0.39 is 35.5 Å². The number of fused-ring (bicyclic) bond motifs is 2. The number of anilines is 3. The molecule has 7 nitrogen and oxygen atoms in total. The lowest BCUT2D eigenvalue weighted by molar-refractivity contribution is -0.122. The van der Waals surface area contributed by atoms with Crippen molar-refractivity contribution in [1.82, 2.24) is 10.2 Å². The molecule has 4 rings (SSSR count). The highest BCUT2D eigenvalue weighted by Crippen LogP contribution is 2.43. The number of hydrogen-bond acceptors (Lipinski definition) is 6. The quantitative estimate of drug-likeness (QED) is 0.551. The van der Waals surface area contributed by atoms with Crippen molar-refractivity contribution in [3.8, 4) is 0 Å². The number of alkyl halides is 2. The van der Waals surface area contributed by atoms with Crippen LogP contribution >= 0.6 is 0 Å². The smallest absolute Gasteiger partial charge is 0.298 e. The van der Waals surface area contributed by atoms with Crippen LogP contribution in [0, 0.1) is 12.7 Å². The molecule has 186 valence electrons. The van der Waals surface area contributed by atoms with E-state index >= 15 is 4.39 Å². The standard InChI is InChI=1S/C25H28F3N5O2/c1-13(15-8-7-9-18(21(15)26)25(27,28)12-34)29-22-17-11-19-20(10-16(17)14(2)30-31-22)33(6)24(3,4)23(35)32(19)5/h7-11,13,34H,12H2,1-6H3,(H,29,31)/t13-/m1/s1. The first-order valence-corrected chi connectivity index (χ1v) is 11.2. The van der Waals surface area contributed by atoms with Crippen LogP contribution in [-0.4, -0.2) is 47.5 Å².